The Morgan fingerprint density at radius 3 is 2.44 bits per heavy atom. The monoisotopic (exact) mass is 235 g/mol. The van der Waals surface area contributed by atoms with Gasteiger partial charge in [-0.3, -0.25) is 0 Å². The van der Waals surface area contributed by atoms with Crippen LogP contribution < -0.4 is 10.5 Å². The van der Waals surface area contributed by atoms with E-state index < -0.39 is 18.1 Å². The standard InChI is InChI=1S/C9H8F3NO3/c1-15-8(14)5-2-3-7(6(13)4-5)16-9(10,11)12/h2-4H,13H2,1H3. The minimum absolute atomic E-state index is 0.0505. The van der Waals surface area contributed by atoms with Crippen molar-refractivity contribution >= 4 is 11.7 Å². The summed E-state index contributed by atoms with van der Waals surface area (Å²) in [4.78, 5) is 11.0. The molecule has 0 amide bonds. The number of ether oxygens (including phenoxy) is 2. The molecule has 1 aromatic carbocycles. The number of esters is 1. The van der Waals surface area contributed by atoms with Crippen molar-refractivity contribution in [3.05, 3.63) is 23.8 Å². The fourth-order valence-electron chi connectivity index (χ4n) is 1.01. The number of anilines is 1. The zero-order chi connectivity index (χ0) is 12.3. The lowest BCUT2D eigenvalue weighted by Gasteiger charge is -2.11. The van der Waals surface area contributed by atoms with Gasteiger partial charge in [-0.2, -0.15) is 0 Å². The van der Waals surface area contributed by atoms with E-state index in [0.29, 0.717) is 0 Å². The fourth-order valence-corrected chi connectivity index (χ4v) is 1.01. The first-order valence-electron chi connectivity index (χ1n) is 4.07. The van der Waals surface area contributed by atoms with Gasteiger partial charge in [0.15, 0.2) is 5.75 Å². The molecule has 0 aromatic heterocycles. The molecule has 0 saturated carbocycles. The van der Waals surface area contributed by atoms with Gasteiger partial charge in [0.05, 0.1) is 18.4 Å². The molecule has 0 unspecified atom stereocenters. The minimum atomic E-state index is -4.82. The number of benzene rings is 1. The van der Waals surface area contributed by atoms with Crippen molar-refractivity contribution in [1.82, 2.24) is 0 Å². The van der Waals surface area contributed by atoms with Gasteiger partial charge in [-0.15, -0.1) is 13.2 Å². The second kappa shape index (κ2) is 4.30. The number of hydrogen-bond donors (Lipinski definition) is 1. The summed E-state index contributed by atoms with van der Waals surface area (Å²) in [6, 6.07) is 3.13. The Bertz CT molecular complexity index is 403. The highest BCUT2D eigenvalue weighted by molar-refractivity contribution is 5.90. The normalized spacial score (nSPS) is 11.0. The summed E-state index contributed by atoms with van der Waals surface area (Å²) < 4.78 is 43.6. The van der Waals surface area contributed by atoms with E-state index in [4.69, 9.17) is 5.73 Å². The van der Waals surface area contributed by atoms with Crippen molar-refractivity contribution in [3.8, 4) is 5.75 Å². The topological polar surface area (TPSA) is 61.5 Å². The Morgan fingerprint density at radius 1 is 1.38 bits per heavy atom. The number of nitrogens with two attached hydrogens (primary N) is 1. The maximum atomic E-state index is 11.9. The molecular formula is C9H8F3NO3. The van der Waals surface area contributed by atoms with Crippen LogP contribution in [-0.2, 0) is 4.74 Å². The molecule has 16 heavy (non-hydrogen) atoms. The van der Waals surface area contributed by atoms with Gasteiger partial charge >= 0.3 is 12.3 Å². The number of rotatable bonds is 2. The third kappa shape index (κ3) is 3.04. The SMILES string of the molecule is COC(=O)c1ccc(OC(F)(F)F)c(N)c1. The quantitative estimate of drug-likeness (QED) is 0.628. The van der Waals surface area contributed by atoms with E-state index in [2.05, 4.69) is 9.47 Å². The van der Waals surface area contributed by atoms with Gasteiger partial charge < -0.3 is 15.2 Å². The van der Waals surface area contributed by atoms with Crippen LogP contribution in [0.4, 0.5) is 18.9 Å². The van der Waals surface area contributed by atoms with Gasteiger partial charge in [0.1, 0.15) is 0 Å². The molecule has 0 aliphatic carbocycles. The summed E-state index contributed by atoms with van der Waals surface area (Å²) in [5, 5.41) is 0. The summed E-state index contributed by atoms with van der Waals surface area (Å²) in [5.41, 5.74) is 5.05. The van der Waals surface area contributed by atoms with Gasteiger partial charge in [0, 0.05) is 0 Å². The molecule has 0 aliphatic rings. The van der Waals surface area contributed by atoms with E-state index in [9.17, 15) is 18.0 Å². The molecule has 0 spiro atoms. The highest BCUT2D eigenvalue weighted by Gasteiger charge is 2.32. The molecule has 0 saturated heterocycles. The number of carbonyl (C=O) groups excluding carboxylic acids is 1. The predicted molar refractivity (Wildman–Crippen MR) is 48.9 cm³/mol. The maximum Gasteiger partial charge on any atom is 0.573 e. The number of nitrogen functional groups attached to an aromatic ring is 1. The average molecular weight is 235 g/mol. The van der Waals surface area contributed by atoms with Gasteiger partial charge in [-0.05, 0) is 18.2 Å². The Kier molecular flexibility index (Phi) is 3.26. The van der Waals surface area contributed by atoms with Gasteiger partial charge in [0.25, 0.3) is 0 Å². The van der Waals surface area contributed by atoms with Crippen LogP contribution in [0.5, 0.6) is 5.75 Å². The molecule has 0 bridgehead atoms. The van der Waals surface area contributed by atoms with Crippen molar-refractivity contribution in [3.63, 3.8) is 0 Å². The Balaban J connectivity index is 2.96. The second-order valence-electron chi connectivity index (χ2n) is 2.79. The van der Waals surface area contributed by atoms with E-state index in [1.54, 1.807) is 0 Å². The van der Waals surface area contributed by atoms with Gasteiger partial charge in [0.2, 0.25) is 0 Å². The lowest BCUT2D eigenvalue weighted by molar-refractivity contribution is -0.274. The maximum absolute atomic E-state index is 11.9. The van der Waals surface area contributed by atoms with Crippen LogP contribution in [0.3, 0.4) is 0 Å². The second-order valence-corrected chi connectivity index (χ2v) is 2.79. The van der Waals surface area contributed by atoms with E-state index in [0.717, 1.165) is 25.3 Å². The molecule has 0 heterocycles. The smallest absolute Gasteiger partial charge is 0.465 e. The number of halogens is 3. The summed E-state index contributed by atoms with van der Waals surface area (Å²) in [7, 11) is 1.15. The third-order valence-electron chi connectivity index (χ3n) is 1.66. The Morgan fingerprint density at radius 2 is 2.00 bits per heavy atom. The molecular weight excluding hydrogens is 227 g/mol. The molecule has 4 nitrogen and oxygen atoms in total. The molecule has 0 fully saturated rings. The number of carbonyl (C=O) groups is 1. The molecule has 0 aliphatic heterocycles. The molecule has 2 N–H and O–H groups in total. The molecule has 1 rings (SSSR count). The Labute approximate surface area is 88.8 Å². The number of alkyl halides is 3. The van der Waals surface area contributed by atoms with Crippen LogP contribution in [0.2, 0.25) is 0 Å². The van der Waals surface area contributed by atoms with Crippen LogP contribution in [0.25, 0.3) is 0 Å². The first-order chi connectivity index (χ1) is 7.33. The van der Waals surface area contributed by atoms with E-state index >= 15 is 0 Å². The zero-order valence-electron chi connectivity index (χ0n) is 8.17. The molecule has 0 radical (unpaired) electrons. The largest absolute Gasteiger partial charge is 0.573 e. The van der Waals surface area contributed by atoms with E-state index in [1.807, 2.05) is 0 Å². The summed E-state index contributed by atoms with van der Waals surface area (Å²) >= 11 is 0. The van der Waals surface area contributed by atoms with Crippen molar-refractivity contribution < 1.29 is 27.4 Å². The number of methoxy groups -OCH3 is 1. The number of hydrogen-bond acceptors (Lipinski definition) is 4. The third-order valence-corrected chi connectivity index (χ3v) is 1.66. The van der Waals surface area contributed by atoms with E-state index in [-0.39, 0.29) is 11.3 Å². The highest BCUT2D eigenvalue weighted by atomic mass is 19.4. The molecule has 88 valence electrons. The first kappa shape index (κ1) is 12.2. The summed E-state index contributed by atoms with van der Waals surface area (Å²) in [6.07, 6.45) is -4.82. The lowest BCUT2D eigenvalue weighted by atomic mass is 10.2. The average Bonchev–Trinajstić information content (AvgIpc) is 2.18. The predicted octanol–water partition coefficient (Wildman–Crippen LogP) is 1.95. The van der Waals surface area contributed by atoms with Crippen molar-refractivity contribution in [1.29, 1.82) is 0 Å². The van der Waals surface area contributed by atoms with E-state index in [1.165, 1.54) is 0 Å². The highest BCUT2D eigenvalue weighted by Crippen LogP contribution is 2.28. The van der Waals surface area contributed by atoms with Crippen LogP contribution in [-0.4, -0.2) is 19.4 Å². The summed E-state index contributed by atoms with van der Waals surface area (Å²) in [5.74, 6) is -1.24. The zero-order valence-corrected chi connectivity index (χ0v) is 8.17. The lowest BCUT2D eigenvalue weighted by Crippen LogP contribution is -2.18. The van der Waals surface area contributed by atoms with Crippen molar-refractivity contribution in [2.75, 3.05) is 12.8 Å². The van der Waals surface area contributed by atoms with Gasteiger partial charge in [-0.1, -0.05) is 0 Å². The minimum Gasteiger partial charge on any atom is -0.465 e. The van der Waals surface area contributed by atoms with Crippen LogP contribution in [0.1, 0.15) is 10.4 Å². The first-order valence-corrected chi connectivity index (χ1v) is 4.07. The fraction of sp³-hybridized carbons (Fsp3) is 0.222. The Hall–Kier alpha value is -1.92. The van der Waals surface area contributed by atoms with Crippen LogP contribution in [0.15, 0.2) is 18.2 Å². The van der Waals surface area contributed by atoms with Crippen LogP contribution >= 0.6 is 0 Å². The molecule has 7 heteroatoms. The van der Waals surface area contributed by atoms with Crippen molar-refractivity contribution in [2.24, 2.45) is 0 Å². The van der Waals surface area contributed by atoms with Crippen molar-refractivity contribution in [2.45, 2.75) is 6.36 Å². The molecule has 0 atom stereocenters. The van der Waals surface area contributed by atoms with Crippen LogP contribution in [0, 0.1) is 0 Å². The summed E-state index contributed by atoms with van der Waals surface area (Å²) in [6.45, 7) is 0. The molecule has 1 aromatic rings. The van der Waals surface area contributed by atoms with Gasteiger partial charge in [-0.25, -0.2) is 4.79 Å².